The zero-order valence-corrected chi connectivity index (χ0v) is 19.3. The van der Waals surface area contributed by atoms with E-state index < -0.39 is 11.7 Å². The number of benzene rings is 2. The molecular formula is C24H22F3N5O2S. The fraction of sp³-hybridized carbons (Fsp3) is 0.208. The lowest BCUT2D eigenvalue weighted by Crippen LogP contribution is -2.24. The van der Waals surface area contributed by atoms with Crippen molar-refractivity contribution in [1.29, 1.82) is 0 Å². The van der Waals surface area contributed by atoms with Crippen LogP contribution < -0.4 is 10.6 Å². The molecular weight excluding hydrogens is 479 g/mol. The summed E-state index contributed by atoms with van der Waals surface area (Å²) in [4.78, 5) is 12.3. The molecule has 1 amide bonds. The summed E-state index contributed by atoms with van der Waals surface area (Å²) in [5, 5.41) is 14.7. The third-order valence-corrected chi connectivity index (χ3v) is 5.96. The van der Waals surface area contributed by atoms with Crippen molar-refractivity contribution in [2.75, 3.05) is 11.1 Å². The van der Waals surface area contributed by atoms with Gasteiger partial charge in [-0.1, -0.05) is 48.2 Å². The van der Waals surface area contributed by atoms with Crippen molar-refractivity contribution in [3.63, 3.8) is 0 Å². The molecule has 0 spiro atoms. The van der Waals surface area contributed by atoms with Crippen LogP contribution in [0.2, 0.25) is 0 Å². The average Bonchev–Trinajstić information content (AvgIpc) is 3.51. The lowest BCUT2D eigenvalue weighted by atomic mass is 10.2. The minimum atomic E-state index is -4.43. The topological polar surface area (TPSA) is 85.0 Å². The largest absolute Gasteiger partial charge is 0.467 e. The summed E-state index contributed by atoms with van der Waals surface area (Å²) in [6, 6.07) is 18.1. The third-order valence-electron chi connectivity index (χ3n) is 4.99. The summed E-state index contributed by atoms with van der Waals surface area (Å²) in [7, 11) is 0. The number of furan rings is 1. The zero-order valence-electron chi connectivity index (χ0n) is 18.5. The Morgan fingerprint density at radius 2 is 1.83 bits per heavy atom. The number of alkyl halides is 3. The minimum Gasteiger partial charge on any atom is -0.467 e. The predicted molar refractivity (Wildman–Crippen MR) is 126 cm³/mol. The van der Waals surface area contributed by atoms with Crippen molar-refractivity contribution in [1.82, 2.24) is 20.1 Å². The molecule has 2 N–H and O–H groups in total. The molecule has 0 unspecified atom stereocenters. The second kappa shape index (κ2) is 11.1. The first-order chi connectivity index (χ1) is 16.9. The lowest BCUT2D eigenvalue weighted by Gasteiger charge is -2.12. The van der Waals surface area contributed by atoms with Crippen molar-refractivity contribution >= 4 is 23.4 Å². The number of halogens is 3. The van der Waals surface area contributed by atoms with E-state index in [1.807, 2.05) is 30.3 Å². The molecule has 0 saturated heterocycles. The standard InChI is InChI=1S/C24H22F3N5O2S/c25-24(26,27)18-8-4-9-19(12-18)28-14-21-30-31-23(32(21)15-20-10-5-11-34-20)35-16-22(33)29-13-17-6-2-1-3-7-17/h1-12,28H,13-16H2,(H,29,33). The number of carbonyl (C=O) groups is 1. The molecule has 0 aliphatic heterocycles. The molecule has 4 aromatic rings. The van der Waals surface area contributed by atoms with Gasteiger partial charge in [-0.2, -0.15) is 13.2 Å². The van der Waals surface area contributed by atoms with E-state index in [9.17, 15) is 18.0 Å². The summed E-state index contributed by atoms with van der Waals surface area (Å²) in [5.74, 6) is 1.12. The van der Waals surface area contributed by atoms with Crippen molar-refractivity contribution in [3.8, 4) is 0 Å². The minimum absolute atomic E-state index is 0.129. The molecule has 0 fully saturated rings. The number of anilines is 1. The van der Waals surface area contributed by atoms with E-state index >= 15 is 0 Å². The van der Waals surface area contributed by atoms with E-state index in [1.165, 1.54) is 17.8 Å². The molecule has 7 nitrogen and oxygen atoms in total. The molecule has 2 aromatic carbocycles. The molecule has 11 heteroatoms. The van der Waals surface area contributed by atoms with Crippen LogP contribution in [0.1, 0.15) is 22.7 Å². The highest BCUT2D eigenvalue weighted by atomic mass is 32.2. The van der Waals surface area contributed by atoms with Crippen LogP contribution in [0.25, 0.3) is 0 Å². The number of hydrogen-bond acceptors (Lipinski definition) is 6. The Kier molecular flexibility index (Phi) is 7.76. The molecule has 0 atom stereocenters. The maximum Gasteiger partial charge on any atom is 0.416 e. The first kappa shape index (κ1) is 24.4. The van der Waals surface area contributed by atoms with Crippen LogP contribution >= 0.6 is 11.8 Å². The molecule has 0 aliphatic rings. The zero-order chi connectivity index (χ0) is 24.7. The number of hydrogen-bond donors (Lipinski definition) is 2. The van der Waals surface area contributed by atoms with Gasteiger partial charge in [0.25, 0.3) is 0 Å². The van der Waals surface area contributed by atoms with Crippen LogP contribution in [-0.2, 0) is 30.6 Å². The Morgan fingerprint density at radius 1 is 1.00 bits per heavy atom. The average molecular weight is 502 g/mol. The number of carbonyl (C=O) groups excluding carboxylic acids is 1. The summed E-state index contributed by atoms with van der Waals surface area (Å²) in [5.41, 5.74) is 0.564. The van der Waals surface area contributed by atoms with Gasteiger partial charge in [-0.25, -0.2) is 0 Å². The van der Waals surface area contributed by atoms with Crippen LogP contribution in [-0.4, -0.2) is 26.4 Å². The highest BCUT2D eigenvalue weighted by Crippen LogP contribution is 2.30. The van der Waals surface area contributed by atoms with Gasteiger partial charge in [0, 0.05) is 12.2 Å². The number of rotatable bonds is 10. The van der Waals surface area contributed by atoms with Gasteiger partial charge < -0.3 is 15.1 Å². The van der Waals surface area contributed by atoms with Crippen LogP contribution in [0.4, 0.5) is 18.9 Å². The molecule has 0 bridgehead atoms. The van der Waals surface area contributed by atoms with Crippen LogP contribution in [0.15, 0.2) is 82.6 Å². The normalized spacial score (nSPS) is 11.4. The Bertz CT molecular complexity index is 1240. The number of nitrogens with zero attached hydrogens (tertiary/aromatic N) is 3. The molecule has 0 aliphatic carbocycles. The molecule has 35 heavy (non-hydrogen) atoms. The molecule has 182 valence electrons. The van der Waals surface area contributed by atoms with Gasteiger partial charge in [0.2, 0.25) is 5.91 Å². The highest BCUT2D eigenvalue weighted by Gasteiger charge is 2.30. The molecule has 2 heterocycles. The van der Waals surface area contributed by atoms with Gasteiger partial charge in [-0.3, -0.25) is 9.36 Å². The number of amides is 1. The second-order valence-corrected chi connectivity index (χ2v) is 8.49. The van der Waals surface area contributed by atoms with E-state index in [-0.39, 0.29) is 18.2 Å². The highest BCUT2D eigenvalue weighted by molar-refractivity contribution is 7.99. The maximum absolute atomic E-state index is 13.0. The van der Waals surface area contributed by atoms with E-state index in [1.54, 1.807) is 29.0 Å². The van der Waals surface area contributed by atoms with Gasteiger partial charge in [-0.05, 0) is 35.9 Å². The van der Waals surface area contributed by atoms with Gasteiger partial charge in [0.15, 0.2) is 11.0 Å². The molecule has 2 aromatic heterocycles. The summed E-state index contributed by atoms with van der Waals surface area (Å²) in [6.45, 7) is 0.870. The van der Waals surface area contributed by atoms with E-state index in [4.69, 9.17) is 4.42 Å². The van der Waals surface area contributed by atoms with Crippen molar-refractivity contribution in [3.05, 3.63) is 95.7 Å². The van der Waals surface area contributed by atoms with Gasteiger partial charge in [0.1, 0.15) is 5.76 Å². The third kappa shape index (κ3) is 6.89. The number of nitrogens with one attached hydrogen (secondary N) is 2. The first-order valence-corrected chi connectivity index (χ1v) is 11.7. The Balaban J connectivity index is 1.42. The summed E-state index contributed by atoms with van der Waals surface area (Å²) >= 11 is 1.22. The van der Waals surface area contributed by atoms with Gasteiger partial charge in [0.05, 0.1) is 30.7 Å². The van der Waals surface area contributed by atoms with Gasteiger partial charge >= 0.3 is 6.18 Å². The molecule has 0 saturated carbocycles. The fourth-order valence-corrected chi connectivity index (χ4v) is 4.02. The van der Waals surface area contributed by atoms with E-state index in [0.717, 1.165) is 17.7 Å². The maximum atomic E-state index is 13.0. The van der Waals surface area contributed by atoms with Crippen molar-refractivity contribution < 1.29 is 22.4 Å². The van der Waals surface area contributed by atoms with Crippen LogP contribution in [0.3, 0.4) is 0 Å². The summed E-state index contributed by atoms with van der Waals surface area (Å²) < 4.78 is 46.2. The quantitative estimate of drug-likeness (QED) is 0.299. The number of aromatic nitrogens is 3. The smallest absolute Gasteiger partial charge is 0.416 e. The Morgan fingerprint density at radius 3 is 2.57 bits per heavy atom. The van der Waals surface area contributed by atoms with Crippen molar-refractivity contribution in [2.45, 2.75) is 31.0 Å². The Hall–Kier alpha value is -3.73. The van der Waals surface area contributed by atoms with Crippen molar-refractivity contribution in [2.24, 2.45) is 0 Å². The van der Waals surface area contributed by atoms with E-state index in [2.05, 4.69) is 20.8 Å². The molecule has 4 rings (SSSR count). The van der Waals surface area contributed by atoms with Crippen LogP contribution in [0, 0.1) is 0 Å². The first-order valence-electron chi connectivity index (χ1n) is 10.7. The lowest BCUT2D eigenvalue weighted by molar-refractivity contribution is -0.137. The monoisotopic (exact) mass is 501 g/mol. The second-order valence-electron chi connectivity index (χ2n) is 7.55. The van der Waals surface area contributed by atoms with E-state index in [0.29, 0.717) is 35.5 Å². The fourth-order valence-electron chi connectivity index (χ4n) is 3.24. The van der Waals surface area contributed by atoms with Gasteiger partial charge in [-0.15, -0.1) is 10.2 Å². The SMILES string of the molecule is O=C(CSc1nnc(CNc2cccc(C(F)(F)F)c2)n1Cc1ccco1)NCc1ccccc1. The number of thioether (sulfide) groups is 1. The Labute approximate surface area is 203 Å². The van der Waals surface area contributed by atoms with Crippen LogP contribution in [0.5, 0.6) is 0 Å². The summed E-state index contributed by atoms with van der Waals surface area (Å²) in [6.07, 6.45) is -2.88. The molecule has 0 radical (unpaired) electrons. The predicted octanol–water partition coefficient (Wildman–Crippen LogP) is 4.96.